The molecule has 384 valence electrons. The molecule has 21 nitrogen and oxygen atoms in total. The standard InChI is InChI=1S/C50H65N13O8S/c1-29(31-19-21-32(22-20-31)44-30(2)54-28-72-44)55-47(68)37-23-33(64)26-63(37)49(70)45(50(3,4)5)58-40(66)18-13-11-9-10-12-17-39(65)52-25-41(67)57-38-24-36(42(60-59-38)48(69)51-6)56-35-16-14-15-34(43(35)71-8)46-53-27-62(7)61-46/h14-16,19-22,24,27-29,33,37,45,64H,9-13,17-18,23,25-26H2,1-8H3,(H,51,69)(H,52,65)(H,55,68)(H,58,66)(H2,56,57,59,67)/t29-,33+,37-,45+/m0/s1. The number of carbonyl (C=O) groups excluding carboxylic acids is 6. The van der Waals surface area contributed by atoms with Gasteiger partial charge in [-0.3, -0.25) is 33.4 Å². The van der Waals surface area contributed by atoms with Gasteiger partial charge in [-0.2, -0.15) is 5.10 Å². The summed E-state index contributed by atoms with van der Waals surface area (Å²) in [7, 11) is 4.69. The monoisotopic (exact) mass is 1010 g/mol. The number of para-hydroxylation sites is 1. The molecule has 0 saturated carbocycles. The van der Waals surface area contributed by atoms with Gasteiger partial charge >= 0.3 is 0 Å². The van der Waals surface area contributed by atoms with E-state index in [-0.39, 0.29) is 73.3 Å². The van der Waals surface area contributed by atoms with Gasteiger partial charge < -0.3 is 46.6 Å². The molecule has 72 heavy (non-hydrogen) atoms. The number of nitrogens with one attached hydrogen (secondary N) is 6. The maximum Gasteiger partial charge on any atom is 0.273 e. The average molecular weight is 1010 g/mol. The third kappa shape index (κ3) is 14.2. The van der Waals surface area contributed by atoms with Crippen molar-refractivity contribution < 1.29 is 38.6 Å². The molecular formula is C50H65N13O8S. The van der Waals surface area contributed by atoms with E-state index >= 15 is 0 Å². The third-order valence-electron chi connectivity index (χ3n) is 12.1. The van der Waals surface area contributed by atoms with E-state index in [9.17, 15) is 33.9 Å². The molecule has 0 unspecified atom stereocenters. The van der Waals surface area contributed by atoms with Gasteiger partial charge in [0.05, 0.1) is 58.8 Å². The number of hydrogen-bond donors (Lipinski definition) is 7. The quantitative estimate of drug-likeness (QED) is 0.0451. The number of hydrogen-bond acceptors (Lipinski definition) is 15. The molecule has 1 saturated heterocycles. The Morgan fingerprint density at radius 1 is 0.903 bits per heavy atom. The van der Waals surface area contributed by atoms with Crippen LogP contribution in [0, 0.1) is 12.3 Å². The number of methoxy groups -OCH3 is 1. The van der Waals surface area contributed by atoms with E-state index in [0.717, 1.165) is 34.5 Å². The van der Waals surface area contributed by atoms with E-state index in [2.05, 4.69) is 57.2 Å². The van der Waals surface area contributed by atoms with Crippen molar-refractivity contribution in [3.8, 4) is 27.6 Å². The summed E-state index contributed by atoms with van der Waals surface area (Å²) in [6.07, 6.45) is 4.46. The first-order chi connectivity index (χ1) is 34.4. The summed E-state index contributed by atoms with van der Waals surface area (Å²) >= 11 is 1.57. The van der Waals surface area contributed by atoms with Gasteiger partial charge in [0.1, 0.15) is 18.4 Å². The fourth-order valence-corrected chi connectivity index (χ4v) is 9.09. The van der Waals surface area contributed by atoms with Gasteiger partial charge in [-0.15, -0.1) is 21.5 Å². The second-order valence-electron chi connectivity index (χ2n) is 18.8. The Morgan fingerprint density at radius 3 is 2.25 bits per heavy atom. The lowest BCUT2D eigenvalue weighted by molar-refractivity contribution is -0.144. The topological polar surface area (TPSA) is 277 Å². The van der Waals surface area contributed by atoms with Gasteiger partial charge in [-0.1, -0.05) is 70.4 Å². The van der Waals surface area contributed by atoms with Crippen molar-refractivity contribution in [2.45, 2.75) is 110 Å². The zero-order valence-electron chi connectivity index (χ0n) is 42.0. The first kappa shape index (κ1) is 54.0. The molecule has 1 aliphatic heterocycles. The largest absolute Gasteiger partial charge is 0.494 e. The molecule has 6 rings (SSSR count). The number of likely N-dealkylation sites (tertiary alicyclic amines) is 1. The van der Waals surface area contributed by atoms with Crippen molar-refractivity contribution in [3.63, 3.8) is 0 Å². The van der Waals surface area contributed by atoms with Crippen LogP contribution in [-0.4, -0.2) is 121 Å². The van der Waals surface area contributed by atoms with Crippen molar-refractivity contribution >= 4 is 64.0 Å². The average Bonchev–Trinajstić information content (AvgIpc) is 4.10. The number of carbonyl (C=O) groups is 6. The number of aryl methyl sites for hydroxylation is 2. The van der Waals surface area contributed by atoms with Gasteiger partial charge in [-0.05, 0) is 55.4 Å². The van der Waals surface area contributed by atoms with Gasteiger partial charge in [0.25, 0.3) is 5.91 Å². The Morgan fingerprint density at radius 2 is 1.61 bits per heavy atom. The minimum Gasteiger partial charge on any atom is -0.494 e. The normalized spacial score (nSPS) is 15.3. The van der Waals surface area contributed by atoms with E-state index < -0.39 is 41.3 Å². The summed E-state index contributed by atoms with van der Waals surface area (Å²) in [4.78, 5) is 90.3. The maximum absolute atomic E-state index is 14.1. The third-order valence-corrected chi connectivity index (χ3v) is 13.1. The van der Waals surface area contributed by atoms with Crippen LogP contribution in [0.15, 0.2) is 60.4 Å². The Labute approximate surface area is 422 Å². The maximum atomic E-state index is 14.1. The molecule has 0 spiro atoms. The second kappa shape index (κ2) is 24.7. The molecule has 3 aromatic heterocycles. The number of β-amino-alcohol motifs (C(OH)–C–C–N with tert-alkyl or cyclic N) is 1. The highest BCUT2D eigenvalue weighted by Crippen LogP contribution is 2.37. The predicted octanol–water partition coefficient (Wildman–Crippen LogP) is 4.97. The minimum absolute atomic E-state index is 0.0218. The number of thiazole rings is 1. The molecule has 0 radical (unpaired) electrons. The number of amides is 6. The second-order valence-corrected chi connectivity index (χ2v) is 19.7. The van der Waals surface area contributed by atoms with Gasteiger partial charge in [0, 0.05) is 46.0 Å². The van der Waals surface area contributed by atoms with E-state index in [4.69, 9.17) is 4.74 Å². The van der Waals surface area contributed by atoms with Crippen molar-refractivity contribution in [2.24, 2.45) is 12.5 Å². The van der Waals surface area contributed by atoms with Crippen LogP contribution in [0.5, 0.6) is 5.75 Å². The van der Waals surface area contributed by atoms with Gasteiger partial charge in [0.15, 0.2) is 23.1 Å². The molecule has 5 aromatic rings. The lowest BCUT2D eigenvalue weighted by Gasteiger charge is -2.35. The molecule has 0 bridgehead atoms. The molecular weight excluding hydrogens is 943 g/mol. The molecule has 2 aromatic carbocycles. The van der Waals surface area contributed by atoms with Crippen LogP contribution in [0.3, 0.4) is 0 Å². The molecule has 4 heterocycles. The van der Waals surface area contributed by atoms with E-state index in [1.165, 1.54) is 25.1 Å². The Bertz CT molecular complexity index is 2720. The van der Waals surface area contributed by atoms with Gasteiger partial charge in [0.2, 0.25) is 29.5 Å². The van der Waals surface area contributed by atoms with Crippen LogP contribution in [-0.2, 0) is 31.0 Å². The summed E-state index contributed by atoms with van der Waals surface area (Å²) in [5.41, 5.74) is 5.25. The zero-order valence-corrected chi connectivity index (χ0v) is 42.8. The van der Waals surface area contributed by atoms with Crippen molar-refractivity contribution in [1.82, 2.24) is 56.1 Å². The van der Waals surface area contributed by atoms with Crippen molar-refractivity contribution in [3.05, 3.63) is 77.3 Å². The molecule has 1 fully saturated rings. The summed E-state index contributed by atoms with van der Waals surface area (Å²) in [5, 5.41) is 39.9. The molecule has 7 N–H and O–H groups in total. The number of unbranched alkanes of at least 4 members (excludes halogenated alkanes) is 4. The lowest BCUT2D eigenvalue weighted by atomic mass is 9.85. The molecule has 4 atom stereocenters. The smallest absolute Gasteiger partial charge is 0.273 e. The Kier molecular flexibility index (Phi) is 18.5. The first-order valence-corrected chi connectivity index (χ1v) is 24.8. The predicted molar refractivity (Wildman–Crippen MR) is 272 cm³/mol. The highest BCUT2D eigenvalue weighted by Gasteiger charge is 2.44. The molecule has 1 aliphatic rings. The van der Waals surface area contributed by atoms with E-state index in [1.807, 2.05) is 64.4 Å². The number of nitrogens with zero attached hydrogens (tertiary/aromatic N) is 7. The number of aliphatic hydroxyl groups excluding tert-OH is 1. The summed E-state index contributed by atoms with van der Waals surface area (Å²) < 4.78 is 7.25. The molecule has 6 amide bonds. The summed E-state index contributed by atoms with van der Waals surface area (Å²) in [6.45, 7) is 9.03. The summed E-state index contributed by atoms with van der Waals surface area (Å²) in [5.74, 6) is -1.61. The Hall–Kier alpha value is -7.33. The van der Waals surface area contributed by atoms with Crippen LogP contribution in [0.2, 0.25) is 0 Å². The van der Waals surface area contributed by atoms with Crippen LogP contribution < -0.4 is 36.6 Å². The number of rotatable bonds is 22. The Balaban J connectivity index is 0.908. The van der Waals surface area contributed by atoms with Crippen LogP contribution >= 0.6 is 11.3 Å². The fraction of sp³-hybridized carbons (Fsp3) is 0.460. The molecule has 22 heteroatoms. The summed E-state index contributed by atoms with van der Waals surface area (Å²) in [6, 6.07) is 12.4. The minimum atomic E-state index is -0.932. The lowest BCUT2D eigenvalue weighted by Crippen LogP contribution is -2.57. The van der Waals surface area contributed by atoms with Crippen LogP contribution in [0.4, 0.5) is 17.2 Å². The van der Waals surface area contributed by atoms with Crippen molar-refractivity contribution in [1.29, 1.82) is 0 Å². The van der Waals surface area contributed by atoms with Crippen LogP contribution in [0.25, 0.3) is 21.8 Å². The zero-order chi connectivity index (χ0) is 52.1. The highest BCUT2D eigenvalue weighted by atomic mass is 32.1. The van der Waals surface area contributed by atoms with Crippen LogP contribution in [0.1, 0.15) is 107 Å². The number of ether oxygens (including phenoxy) is 1. The number of aromatic nitrogens is 6. The fourth-order valence-electron chi connectivity index (χ4n) is 8.28. The van der Waals surface area contributed by atoms with Gasteiger partial charge in [-0.25, -0.2) is 9.97 Å². The number of benzene rings is 2. The first-order valence-electron chi connectivity index (χ1n) is 23.9. The number of aliphatic hydroxyl groups is 1. The van der Waals surface area contributed by atoms with E-state index in [1.54, 1.807) is 47.6 Å². The molecule has 0 aliphatic carbocycles. The highest BCUT2D eigenvalue weighted by molar-refractivity contribution is 7.13. The van der Waals surface area contributed by atoms with Crippen molar-refractivity contribution in [2.75, 3.05) is 37.9 Å². The number of anilines is 3. The van der Waals surface area contributed by atoms with E-state index in [0.29, 0.717) is 42.1 Å². The SMILES string of the molecule is CNC(=O)c1nnc(NC(=O)CNC(=O)CCCCCCCC(=O)N[C@H](C(=O)N2C[C@H](O)C[C@H]2C(=O)N[C@@H](C)c2ccc(-c3scnc3C)cc2)C(C)(C)C)cc1Nc1cccc(-c2ncn(C)n2)c1OC.